The van der Waals surface area contributed by atoms with Crippen molar-refractivity contribution in [1.29, 1.82) is 0 Å². The van der Waals surface area contributed by atoms with Gasteiger partial charge in [-0.3, -0.25) is 9.59 Å². The van der Waals surface area contributed by atoms with Crippen molar-refractivity contribution < 1.29 is 14.3 Å². The molecule has 20 heavy (non-hydrogen) atoms. The summed E-state index contributed by atoms with van der Waals surface area (Å²) in [6.07, 6.45) is 3.15. The maximum atomic E-state index is 12.7. The Labute approximate surface area is 119 Å². The van der Waals surface area contributed by atoms with Crippen LogP contribution in [-0.4, -0.2) is 36.0 Å². The summed E-state index contributed by atoms with van der Waals surface area (Å²) in [5.41, 5.74) is -0.559. The Balaban J connectivity index is 2.58. The number of carbonyl (C=O) groups is 2. The minimum Gasteiger partial charge on any atom is -0.348 e. The standard InChI is InChI=1S/C16H19NO3/c1-4-6-11-17-15(19)13-10-8-7-9-12(13)14(18)16(17,5-2)20-3/h5,7-10H,2,4,6,11H2,1,3H3. The van der Waals surface area contributed by atoms with E-state index >= 15 is 0 Å². The number of ketones is 1. The molecule has 4 heteroatoms. The molecular formula is C16H19NO3. The van der Waals surface area contributed by atoms with Gasteiger partial charge in [-0.05, 0) is 18.6 Å². The fourth-order valence-corrected chi connectivity index (χ4v) is 2.55. The first-order valence-corrected chi connectivity index (χ1v) is 6.77. The van der Waals surface area contributed by atoms with Crippen LogP contribution in [-0.2, 0) is 4.74 Å². The van der Waals surface area contributed by atoms with E-state index < -0.39 is 5.72 Å². The largest absolute Gasteiger partial charge is 0.348 e. The van der Waals surface area contributed by atoms with E-state index in [0.717, 1.165) is 12.8 Å². The smallest absolute Gasteiger partial charge is 0.257 e. The third kappa shape index (κ3) is 1.96. The fraction of sp³-hybridized carbons (Fsp3) is 0.375. The molecule has 0 spiro atoms. The van der Waals surface area contributed by atoms with Crippen molar-refractivity contribution in [3.05, 3.63) is 48.0 Å². The molecule has 1 heterocycles. The molecule has 0 aromatic heterocycles. The van der Waals surface area contributed by atoms with Gasteiger partial charge in [0.1, 0.15) is 0 Å². The number of amides is 1. The highest BCUT2D eigenvalue weighted by molar-refractivity contribution is 6.17. The molecule has 1 atom stereocenters. The number of nitrogens with zero attached hydrogens (tertiary/aromatic N) is 1. The van der Waals surface area contributed by atoms with Crippen molar-refractivity contribution in [1.82, 2.24) is 4.90 Å². The molecule has 0 saturated heterocycles. The summed E-state index contributed by atoms with van der Waals surface area (Å²) in [4.78, 5) is 26.9. The Morgan fingerprint density at radius 3 is 2.50 bits per heavy atom. The highest BCUT2D eigenvalue weighted by Gasteiger charge is 2.49. The summed E-state index contributed by atoms with van der Waals surface area (Å²) >= 11 is 0. The van der Waals surface area contributed by atoms with E-state index in [1.165, 1.54) is 18.1 Å². The Hall–Kier alpha value is -1.94. The van der Waals surface area contributed by atoms with Crippen LogP contribution in [0.25, 0.3) is 0 Å². The molecule has 0 N–H and O–H groups in total. The molecule has 0 saturated carbocycles. The number of methoxy groups -OCH3 is 1. The SMILES string of the molecule is C=CC1(OC)C(=O)c2ccccc2C(=O)N1CCCC. The third-order valence-corrected chi connectivity index (χ3v) is 3.70. The highest BCUT2D eigenvalue weighted by atomic mass is 16.5. The number of fused-ring (bicyclic) bond motifs is 1. The molecule has 1 unspecified atom stereocenters. The van der Waals surface area contributed by atoms with Gasteiger partial charge in [-0.15, -0.1) is 0 Å². The van der Waals surface area contributed by atoms with Gasteiger partial charge in [-0.25, -0.2) is 0 Å². The number of carbonyl (C=O) groups excluding carboxylic acids is 2. The van der Waals surface area contributed by atoms with Crippen LogP contribution >= 0.6 is 0 Å². The van der Waals surface area contributed by atoms with Gasteiger partial charge in [0, 0.05) is 19.2 Å². The summed E-state index contributed by atoms with van der Waals surface area (Å²) in [7, 11) is 1.43. The van der Waals surface area contributed by atoms with Gasteiger partial charge in [0.15, 0.2) is 0 Å². The Bertz CT molecular complexity index is 552. The molecule has 2 rings (SSSR count). The highest BCUT2D eigenvalue weighted by Crippen LogP contribution is 2.32. The monoisotopic (exact) mass is 273 g/mol. The molecule has 1 aliphatic heterocycles. The molecule has 0 aliphatic carbocycles. The minimum atomic E-state index is -1.39. The van der Waals surface area contributed by atoms with Crippen LogP contribution in [0, 0.1) is 0 Å². The van der Waals surface area contributed by atoms with Crippen LogP contribution in [0.5, 0.6) is 0 Å². The van der Waals surface area contributed by atoms with Crippen LogP contribution in [0.4, 0.5) is 0 Å². The number of rotatable bonds is 5. The number of ether oxygens (including phenoxy) is 1. The first-order valence-electron chi connectivity index (χ1n) is 6.77. The molecule has 4 nitrogen and oxygen atoms in total. The topological polar surface area (TPSA) is 46.6 Å². The first kappa shape index (κ1) is 14.5. The van der Waals surface area contributed by atoms with Crippen molar-refractivity contribution in [3.8, 4) is 0 Å². The summed E-state index contributed by atoms with van der Waals surface area (Å²) in [5.74, 6) is -0.420. The van der Waals surface area contributed by atoms with Gasteiger partial charge < -0.3 is 9.64 Å². The normalized spacial score (nSPS) is 21.8. The zero-order valence-corrected chi connectivity index (χ0v) is 11.9. The van der Waals surface area contributed by atoms with Crippen molar-refractivity contribution in [2.24, 2.45) is 0 Å². The average Bonchev–Trinajstić information content (AvgIpc) is 2.50. The molecular weight excluding hydrogens is 254 g/mol. The Morgan fingerprint density at radius 2 is 1.95 bits per heavy atom. The number of Topliss-reactive ketones (excluding diaryl/α,β-unsaturated/α-hetero) is 1. The van der Waals surface area contributed by atoms with Gasteiger partial charge in [-0.2, -0.15) is 0 Å². The van der Waals surface area contributed by atoms with E-state index in [-0.39, 0.29) is 11.7 Å². The van der Waals surface area contributed by atoms with Crippen LogP contribution in [0.1, 0.15) is 40.5 Å². The lowest BCUT2D eigenvalue weighted by Gasteiger charge is -2.42. The predicted molar refractivity (Wildman–Crippen MR) is 76.7 cm³/mol. The van der Waals surface area contributed by atoms with Gasteiger partial charge in [-0.1, -0.05) is 38.1 Å². The zero-order chi connectivity index (χ0) is 14.8. The van der Waals surface area contributed by atoms with Crippen LogP contribution < -0.4 is 0 Å². The molecule has 1 aliphatic rings. The van der Waals surface area contributed by atoms with E-state index in [2.05, 4.69) is 6.58 Å². The van der Waals surface area contributed by atoms with Gasteiger partial charge >= 0.3 is 0 Å². The number of hydrogen-bond donors (Lipinski definition) is 0. The maximum Gasteiger partial charge on any atom is 0.257 e. The summed E-state index contributed by atoms with van der Waals surface area (Å²) in [5, 5.41) is 0. The number of unbranched alkanes of at least 4 members (excludes halogenated alkanes) is 1. The van der Waals surface area contributed by atoms with E-state index in [1.807, 2.05) is 6.92 Å². The predicted octanol–water partition coefficient (Wildman–Crippen LogP) is 2.65. The molecule has 1 aromatic rings. The average molecular weight is 273 g/mol. The van der Waals surface area contributed by atoms with Crippen molar-refractivity contribution in [2.75, 3.05) is 13.7 Å². The van der Waals surface area contributed by atoms with E-state index in [1.54, 1.807) is 24.3 Å². The first-order chi connectivity index (χ1) is 9.62. The lowest BCUT2D eigenvalue weighted by molar-refractivity contribution is -0.0592. The van der Waals surface area contributed by atoms with Crippen LogP contribution in [0.15, 0.2) is 36.9 Å². The lowest BCUT2D eigenvalue weighted by Crippen LogP contribution is -2.60. The third-order valence-electron chi connectivity index (χ3n) is 3.70. The van der Waals surface area contributed by atoms with Crippen molar-refractivity contribution in [3.63, 3.8) is 0 Å². The maximum absolute atomic E-state index is 12.7. The molecule has 1 aromatic carbocycles. The molecule has 106 valence electrons. The molecule has 0 fully saturated rings. The van der Waals surface area contributed by atoms with Gasteiger partial charge in [0.05, 0.1) is 5.56 Å². The van der Waals surface area contributed by atoms with Gasteiger partial charge in [0.2, 0.25) is 11.5 Å². The second kappa shape index (κ2) is 5.59. The molecule has 1 amide bonds. The van der Waals surface area contributed by atoms with E-state index in [0.29, 0.717) is 17.7 Å². The second-order valence-corrected chi connectivity index (χ2v) is 4.79. The number of benzene rings is 1. The Morgan fingerprint density at radius 1 is 1.30 bits per heavy atom. The van der Waals surface area contributed by atoms with E-state index in [4.69, 9.17) is 4.74 Å². The quantitative estimate of drug-likeness (QED) is 0.775. The zero-order valence-electron chi connectivity index (χ0n) is 11.9. The molecule has 0 radical (unpaired) electrons. The fourth-order valence-electron chi connectivity index (χ4n) is 2.55. The lowest BCUT2D eigenvalue weighted by atomic mass is 9.89. The number of hydrogen-bond acceptors (Lipinski definition) is 3. The Kier molecular flexibility index (Phi) is 4.04. The minimum absolute atomic E-state index is 0.185. The summed E-state index contributed by atoms with van der Waals surface area (Å²) in [6.45, 7) is 6.21. The van der Waals surface area contributed by atoms with Crippen LogP contribution in [0.3, 0.4) is 0 Å². The van der Waals surface area contributed by atoms with Crippen molar-refractivity contribution >= 4 is 11.7 Å². The summed E-state index contributed by atoms with van der Waals surface area (Å²) in [6, 6.07) is 6.84. The van der Waals surface area contributed by atoms with E-state index in [9.17, 15) is 9.59 Å². The van der Waals surface area contributed by atoms with Crippen molar-refractivity contribution in [2.45, 2.75) is 25.5 Å². The molecule has 0 bridgehead atoms. The summed E-state index contributed by atoms with van der Waals surface area (Å²) < 4.78 is 5.41. The van der Waals surface area contributed by atoms with Crippen LogP contribution in [0.2, 0.25) is 0 Å². The second-order valence-electron chi connectivity index (χ2n) is 4.79. The van der Waals surface area contributed by atoms with Gasteiger partial charge in [0.25, 0.3) is 5.91 Å².